The third-order valence-corrected chi connectivity index (χ3v) is 3.11. The fourth-order valence-electron chi connectivity index (χ4n) is 1.30. The fourth-order valence-corrected chi connectivity index (χ4v) is 2.01. The minimum Gasteiger partial charge on any atom is -0.386 e. The second kappa shape index (κ2) is 7.47. The van der Waals surface area contributed by atoms with Gasteiger partial charge in [0.15, 0.2) is 0 Å². The van der Waals surface area contributed by atoms with Crippen molar-refractivity contribution in [2.24, 2.45) is 0 Å². The molecule has 0 saturated carbocycles. The molecule has 1 aromatic heterocycles. The molecule has 0 aliphatic heterocycles. The van der Waals surface area contributed by atoms with Gasteiger partial charge in [0.1, 0.15) is 6.10 Å². The molecule has 0 radical (unpaired) electrons. The summed E-state index contributed by atoms with van der Waals surface area (Å²) in [5.74, 6) is 2.61. The molecule has 0 aliphatic carbocycles. The van der Waals surface area contributed by atoms with E-state index in [0.29, 0.717) is 6.54 Å². The lowest BCUT2D eigenvalue weighted by Gasteiger charge is -2.09. The van der Waals surface area contributed by atoms with E-state index in [-0.39, 0.29) is 6.10 Å². The van der Waals surface area contributed by atoms with Crippen LogP contribution in [0.25, 0.3) is 0 Å². The molecule has 0 spiro atoms. The first-order valence-corrected chi connectivity index (χ1v) is 6.08. The second-order valence-corrected chi connectivity index (χ2v) is 4.38. The monoisotopic (exact) mass is 223 g/mol. The fraction of sp³-hybridized carbons (Fsp3) is 0.500. The minimum atomic E-state index is -0.377. The van der Waals surface area contributed by atoms with Crippen LogP contribution in [0.2, 0.25) is 0 Å². The van der Waals surface area contributed by atoms with Gasteiger partial charge in [-0.05, 0) is 30.8 Å². The van der Waals surface area contributed by atoms with Crippen molar-refractivity contribution in [2.75, 3.05) is 13.1 Å². The van der Waals surface area contributed by atoms with Crippen molar-refractivity contribution in [3.8, 4) is 12.3 Å². The van der Waals surface area contributed by atoms with E-state index < -0.39 is 0 Å². The zero-order chi connectivity index (χ0) is 10.9. The highest BCUT2D eigenvalue weighted by Crippen LogP contribution is 2.17. The minimum absolute atomic E-state index is 0.377. The van der Waals surface area contributed by atoms with Gasteiger partial charge in [0.2, 0.25) is 0 Å². The number of nitrogens with one attached hydrogen (secondary N) is 1. The average molecular weight is 223 g/mol. The van der Waals surface area contributed by atoms with Crippen molar-refractivity contribution in [2.45, 2.75) is 25.4 Å². The Morgan fingerprint density at radius 3 is 3.07 bits per heavy atom. The van der Waals surface area contributed by atoms with Crippen LogP contribution < -0.4 is 5.32 Å². The smallest absolute Gasteiger partial charge is 0.101 e. The number of hydrogen-bond donors (Lipinski definition) is 2. The molecule has 1 aromatic rings. The van der Waals surface area contributed by atoms with Gasteiger partial charge in [-0.3, -0.25) is 0 Å². The highest BCUT2D eigenvalue weighted by Gasteiger charge is 2.06. The summed E-state index contributed by atoms with van der Waals surface area (Å²) in [6, 6.07) is 3.91. The van der Waals surface area contributed by atoms with Gasteiger partial charge >= 0.3 is 0 Å². The Labute approximate surface area is 95.3 Å². The van der Waals surface area contributed by atoms with Crippen molar-refractivity contribution in [1.82, 2.24) is 5.32 Å². The summed E-state index contributed by atoms with van der Waals surface area (Å²) in [6.07, 6.45) is 7.74. The summed E-state index contributed by atoms with van der Waals surface area (Å²) in [4.78, 5) is 1.02. The molecular weight excluding hydrogens is 206 g/mol. The molecule has 0 saturated heterocycles. The lowest BCUT2D eigenvalue weighted by molar-refractivity contribution is 0.178. The largest absolute Gasteiger partial charge is 0.386 e. The Morgan fingerprint density at radius 2 is 2.40 bits per heavy atom. The molecule has 1 rings (SSSR count). The van der Waals surface area contributed by atoms with Gasteiger partial charge in [-0.1, -0.05) is 6.07 Å². The molecule has 0 aliphatic rings. The predicted molar refractivity (Wildman–Crippen MR) is 64.8 cm³/mol. The maximum absolute atomic E-state index is 9.73. The van der Waals surface area contributed by atoms with Crippen LogP contribution in [0.15, 0.2) is 17.5 Å². The summed E-state index contributed by atoms with van der Waals surface area (Å²) in [7, 11) is 0. The summed E-state index contributed by atoms with van der Waals surface area (Å²) in [6.45, 7) is 1.54. The van der Waals surface area contributed by atoms with E-state index >= 15 is 0 Å². The van der Waals surface area contributed by atoms with Crippen LogP contribution >= 0.6 is 11.3 Å². The average Bonchev–Trinajstić information content (AvgIpc) is 2.76. The van der Waals surface area contributed by atoms with E-state index in [2.05, 4.69) is 11.2 Å². The maximum Gasteiger partial charge on any atom is 0.101 e. The standard InChI is InChI=1S/C12H17NOS/c1-2-3-4-5-8-13-10-11(14)12-7-6-9-15-12/h1,6-7,9,11,13-14H,3-5,8,10H2. The zero-order valence-electron chi connectivity index (χ0n) is 8.78. The second-order valence-electron chi connectivity index (χ2n) is 3.40. The van der Waals surface area contributed by atoms with Gasteiger partial charge in [0.25, 0.3) is 0 Å². The number of terminal acetylenes is 1. The van der Waals surface area contributed by atoms with Crippen molar-refractivity contribution < 1.29 is 5.11 Å². The third-order valence-electron chi connectivity index (χ3n) is 2.13. The van der Waals surface area contributed by atoms with E-state index in [0.717, 1.165) is 30.7 Å². The number of thiophene rings is 1. The van der Waals surface area contributed by atoms with Gasteiger partial charge in [-0.2, -0.15) is 0 Å². The van der Waals surface area contributed by atoms with E-state index in [1.165, 1.54) is 0 Å². The predicted octanol–water partition coefficient (Wildman–Crippen LogP) is 2.17. The molecule has 0 amide bonds. The van der Waals surface area contributed by atoms with E-state index in [9.17, 15) is 5.11 Å². The molecule has 1 heterocycles. The van der Waals surface area contributed by atoms with Crippen molar-refractivity contribution >= 4 is 11.3 Å². The Balaban J connectivity index is 2.03. The van der Waals surface area contributed by atoms with Crippen molar-refractivity contribution in [3.63, 3.8) is 0 Å². The summed E-state index contributed by atoms with van der Waals surface area (Å²) >= 11 is 1.59. The molecule has 2 nitrogen and oxygen atoms in total. The molecule has 15 heavy (non-hydrogen) atoms. The van der Waals surface area contributed by atoms with Crippen LogP contribution in [0.1, 0.15) is 30.2 Å². The highest BCUT2D eigenvalue weighted by molar-refractivity contribution is 7.10. The van der Waals surface area contributed by atoms with Crippen molar-refractivity contribution in [3.05, 3.63) is 22.4 Å². The van der Waals surface area contributed by atoms with E-state index in [4.69, 9.17) is 6.42 Å². The summed E-state index contributed by atoms with van der Waals surface area (Å²) < 4.78 is 0. The Kier molecular flexibility index (Phi) is 6.10. The van der Waals surface area contributed by atoms with Gasteiger partial charge in [-0.25, -0.2) is 0 Å². The highest BCUT2D eigenvalue weighted by atomic mass is 32.1. The molecule has 0 fully saturated rings. The van der Waals surface area contributed by atoms with Crippen LogP contribution in [-0.4, -0.2) is 18.2 Å². The van der Waals surface area contributed by atoms with Gasteiger partial charge in [0.05, 0.1) is 0 Å². The molecule has 0 aromatic carbocycles. The topological polar surface area (TPSA) is 32.3 Å². The quantitative estimate of drug-likeness (QED) is 0.548. The Bertz CT molecular complexity index is 289. The molecule has 2 N–H and O–H groups in total. The third kappa shape index (κ3) is 4.98. The molecule has 1 atom stereocenters. The van der Waals surface area contributed by atoms with Crippen LogP contribution in [-0.2, 0) is 0 Å². The number of rotatable bonds is 7. The molecule has 1 unspecified atom stereocenters. The molecular formula is C12H17NOS. The molecule has 0 bridgehead atoms. The van der Waals surface area contributed by atoms with Gasteiger partial charge < -0.3 is 10.4 Å². The summed E-state index contributed by atoms with van der Waals surface area (Å²) in [5, 5.41) is 14.9. The molecule has 3 heteroatoms. The van der Waals surface area contributed by atoms with Crippen LogP contribution in [0.5, 0.6) is 0 Å². The lowest BCUT2D eigenvalue weighted by atomic mass is 10.2. The normalized spacial score (nSPS) is 12.3. The van der Waals surface area contributed by atoms with Crippen LogP contribution in [0, 0.1) is 12.3 Å². The lowest BCUT2D eigenvalue weighted by Crippen LogP contribution is -2.21. The van der Waals surface area contributed by atoms with Crippen LogP contribution in [0.4, 0.5) is 0 Å². The number of hydrogen-bond acceptors (Lipinski definition) is 3. The first kappa shape index (κ1) is 12.3. The maximum atomic E-state index is 9.73. The van der Waals surface area contributed by atoms with E-state index in [1.54, 1.807) is 11.3 Å². The number of unbranched alkanes of at least 4 members (excludes halogenated alkanes) is 2. The van der Waals surface area contributed by atoms with Crippen molar-refractivity contribution in [1.29, 1.82) is 0 Å². The first-order chi connectivity index (χ1) is 7.34. The van der Waals surface area contributed by atoms with E-state index in [1.807, 2.05) is 17.5 Å². The summed E-state index contributed by atoms with van der Waals surface area (Å²) in [5.41, 5.74) is 0. The molecule has 82 valence electrons. The van der Waals surface area contributed by atoms with Crippen LogP contribution in [0.3, 0.4) is 0 Å². The van der Waals surface area contributed by atoms with Gasteiger partial charge in [-0.15, -0.1) is 23.7 Å². The Hall–Kier alpha value is -0.820. The van der Waals surface area contributed by atoms with Gasteiger partial charge in [0, 0.05) is 17.8 Å². The first-order valence-electron chi connectivity index (χ1n) is 5.20. The number of aliphatic hydroxyl groups excluding tert-OH is 1. The SMILES string of the molecule is C#CCCCCNCC(O)c1cccs1. The Morgan fingerprint density at radius 1 is 1.53 bits per heavy atom. The zero-order valence-corrected chi connectivity index (χ0v) is 9.59. The number of aliphatic hydroxyl groups is 1.